The summed E-state index contributed by atoms with van der Waals surface area (Å²) in [6.07, 6.45) is 14.7. The van der Waals surface area contributed by atoms with Crippen molar-refractivity contribution in [2.75, 3.05) is 0 Å². The van der Waals surface area contributed by atoms with Crippen molar-refractivity contribution in [1.82, 2.24) is 0 Å². The van der Waals surface area contributed by atoms with Crippen molar-refractivity contribution in [3.8, 4) is 0 Å². The van der Waals surface area contributed by atoms with Gasteiger partial charge in [0.1, 0.15) is 0 Å². The molecule has 0 saturated heterocycles. The lowest BCUT2D eigenvalue weighted by Crippen LogP contribution is -2.57. The predicted octanol–water partition coefficient (Wildman–Crippen LogP) is 5.98. The lowest BCUT2D eigenvalue weighted by Gasteiger charge is -2.65. The molecule has 3 saturated carbocycles. The Hall–Kier alpha value is -0.260. The molecule has 0 aromatic rings. The van der Waals surface area contributed by atoms with Gasteiger partial charge in [-0.2, -0.15) is 0 Å². The van der Waals surface area contributed by atoms with Gasteiger partial charge in [-0.1, -0.05) is 38.8 Å². The molecule has 0 heterocycles. The number of hydrogen-bond donors (Lipinski definition) is 0. The van der Waals surface area contributed by atoms with Crippen LogP contribution in [0.1, 0.15) is 79.1 Å². The van der Waals surface area contributed by atoms with Crippen LogP contribution in [0.5, 0.6) is 0 Å². The van der Waals surface area contributed by atoms with Gasteiger partial charge in [-0.3, -0.25) is 0 Å². The summed E-state index contributed by atoms with van der Waals surface area (Å²) in [5.41, 5.74) is 3.63. The fraction of sp³-hybridized carbons (Fsp3) is 0.900. The maximum atomic E-state index is 2.73. The molecule has 0 nitrogen and oxygen atoms in total. The Labute approximate surface area is 125 Å². The highest BCUT2D eigenvalue weighted by Crippen LogP contribution is 2.73. The molecule has 4 rings (SSSR count). The predicted molar refractivity (Wildman–Crippen MR) is 85.5 cm³/mol. The zero-order valence-electron chi connectivity index (χ0n) is 14.0. The molecule has 0 amide bonds. The first-order valence-corrected chi connectivity index (χ1v) is 9.07. The van der Waals surface area contributed by atoms with E-state index in [1.165, 1.54) is 51.4 Å². The van der Waals surface area contributed by atoms with Crippen LogP contribution in [0.4, 0.5) is 0 Å². The molecule has 5 atom stereocenters. The molecule has 0 aliphatic heterocycles. The highest BCUT2D eigenvalue weighted by Gasteiger charge is 2.64. The molecular formula is C20H32. The zero-order valence-corrected chi connectivity index (χ0v) is 14.0. The van der Waals surface area contributed by atoms with Crippen LogP contribution in [-0.2, 0) is 0 Å². The largest absolute Gasteiger partial charge is 0.0816 e. The van der Waals surface area contributed by atoms with E-state index in [1.54, 1.807) is 5.57 Å². The summed E-state index contributed by atoms with van der Waals surface area (Å²) in [5, 5.41) is 0. The minimum absolute atomic E-state index is 0.584. The fourth-order valence-corrected chi connectivity index (χ4v) is 7.49. The second-order valence-electron chi connectivity index (χ2n) is 9.50. The van der Waals surface area contributed by atoms with Crippen LogP contribution in [0.15, 0.2) is 11.6 Å². The Morgan fingerprint density at radius 1 is 1.00 bits per heavy atom. The molecule has 0 heteroatoms. The van der Waals surface area contributed by atoms with Gasteiger partial charge in [0, 0.05) is 0 Å². The Bertz CT molecular complexity index is 457. The van der Waals surface area contributed by atoms with Crippen LogP contribution in [0.25, 0.3) is 0 Å². The maximum absolute atomic E-state index is 2.73. The Kier molecular flexibility index (Phi) is 2.63. The number of rotatable bonds is 0. The normalized spacial score (nSPS) is 53.0. The van der Waals surface area contributed by atoms with Crippen molar-refractivity contribution in [2.45, 2.75) is 79.1 Å². The molecule has 4 aliphatic rings. The summed E-state index contributed by atoms with van der Waals surface area (Å²) >= 11 is 0. The van der Waals surface area contributed by atoms with Crippen LogP contribution >= 0.6 is 0 Å². The molecule has 0 radical (unpaired) electrons. The minimum Gasteiger partial charge on any atom is -0.0816 e. The van der Waals surface area contributed by atoms with Crippen LogP contribution in [0.3, 0.4) is 0 Å². The molecule has 1 spiro atoms. The van der Waals surface area contributed by atoms with Crippen LogP contribution in [-0.4, -0.2) is 0 Å². The van der Waals surface area contributed by atoms with E-state index in [-0.39, 0.29) is 0 Å². The molecule has 20 heavy (non-hydrogen) atoms. The Balaban J connectivity index is 1.81. The molecule has 4 aliphatic carbocycles. The van der Waals surface area contributed by atoms with Gasteiger partial charge < -0.3 is 0 Å². The molecule has 0 N–H and O–H groups in total. The van der Waals surface area contributed by atoms with Crippen molar-refractivity contribution in [3.05, 3.63) is 11.6 Å². The molecule has 0 unspecified atom stereocenters. The smallest absolute Gasteiger partial charge is 0.0169 e. The molecule has 0 aromatic carbocycles. The number of fused-ring (bicyclic) bond motifs is 2. The molecule has 2 bridgehead atoms. The highest BCUT2D eigenvalue weighted by molar-refractivity contribution is 5.25. The first kappa shape index (κ1) is 13.4. The molecule has 112 valence electrons. The zero-order chi connectivity index (χ0) is 14.2. The van der Waals surface area contributed by atoms with E-state index in [0.717, 1.165) is 17.8 Å². The SMILES string of the molecule is CC1=C[C@@H]2CC[C@H]3C(C)(C)CCC[C@]3(C)[C@]23CC[C@H]1C3. The summed E-state index contributed by atoms with van der Waals surface area (Å²) in [6, 6.07) is 0. The topological polar surface area (TPSA) is 0 Å². The van der Waals surface area contributed by atoms with Crippen molar-refractivity contribution in [1.29, 1.82) is 0 Å². The third-order valence-electron chi connectivity index (χ3n) is 8.50. The van der Waals surface area contributed by atoms with E-state index in [2.05, 4.69) is 33.8 Å². The molecule has 3 fully saturated rings. The monoisotopic (exact) mass is 272 g/mol. The standard InChI is InChI=1S/C20H32/c1-14-12-16-6-7-17-18(2,3)9-5-10-19(17,4)20(16)11-8-15(14)13-20/h12,15-17H,5-11,13H2,1-4H3/t15-,16-,17-,19-,20-/m0/s1. The van der Waals surface area contributed by atoms with E-state index in [1.807, 2.05) is 0 Å². The second kappa shape index (κ2) is 3.93. The quantitative estimate of drug-likeness (QED) is 0.476. The second-order valence-corrected chi connectivity index (χ2v) is 9.50. The van der Waals surface area contributed by atoms with Gasteiger partial charge in [-0.25, -0.2) is 0 Å². The molecule has 0 aromatic heterocycles. The Morgan fingerprint density at radius 2 is 1.80 bits per heavy atom. The third kappa shape index (κ3) is 1.44. The van der Waals surface area contributed by atoms with Gasteiger partial charge >= 0.3 is 0 Å². The fourth-order valence-electron chi connectivity index (χ4n) is 7.49. The average molecular weight is 272 g/mol. The minimum atomic E-state index is 0.584. The van der Waals surface area contributed by atoms with Gasteiger partial charge in [-0.05, 0) is 85.9 Å². The van der Waals surface area contributed by atoms with Crippen LogP contribution < -0.4 is 0 Å². The third-order valence-corrected chi connectivity index (χ3v) is 8.50. The average Bonchev–Trinajstić information content (AvgIpc) is 2.75. The van der Waals surface area contributed by atoms with Gasteiger partial charge in [0.25, 0.3) is 0 Å². The number of allylic oxidation sites excluding steroid dienone is 2. The summed E-state index contributed by atoms with van der Waals surface area (Å²) < 4.78 is 0. The van der Waals surface area contributed by atoms with Crippen molar-refractivity contribution < 1.29 is 0 Å². The van der Waals surface area contributed by atoms with E-state index >= 15 is 0 Å². The van der Waals surface area contributed by atoms with Gasteiger partial charge in [0.05, 0.1) is 0 Å². The number of hydrogen-bond acceptors (Lipinski definition) is 0. The first-order chi connectivity index (χ1) is 9.39. The summed E-state index contributed by atoms with van der Waals surface area (Å²) in [5.74, 6) is 2.83. The lowest BCUT2D eigenvalue weighted by atomic mass is 9.39. The summed E-state index contributed by atoms with van der Waals surface area (Å²) in [6.45, 7) is 10.3. The van der Waals surface area contributed by atoms with E-state index in [9.17, 15) is 0 Å². The van der Waals surface area contributed by atoms with E-state index < -0.39 is 0 Å². The van der Waals surface area contributed by atoms with Crippen molar-refractivity contribution in [3.63, 3.8) is 0 Å². The van der Waals surface area contributed by atoms with E-state index in [4.69, 9.17) is 0 Å². The summed E-state index contributed by atoms with van der Waals surface area (Å²) in [4.78, 5) is 0. The van der Waals surface area contributed by atoms with Gasteiger partial charge in [-0.15, -0.1) is 0 Å². The van der Waals surface area contributed by atoms with Crippen molar-refractivity contribution in [2.24, 2.45) is 34.0 Å². The lowest BCUT2D eigenvalue weighted by molar-refractivity contribution is -0.150. The maximum Gasteiger partial charge on any atom is -0.0169 e. The van der Waals surface area contributed by atoms with E-state index in [0.29, 0.717) is 16.2 Å². The van der Waals surface area contributed by atoms with Gasteiger partial charge in [0.2, 0.25) is 0 Å². The van der Waals surface area contributed by atoms with Crippen molar-refractivity contribution >= 4 is 0 Å². The van der Waals surface area contributed by atoms with Crippen LogP contribution in [0.2, 0.25) is 0 Å². The highest BCUT2D eigenvalue weighted by atomic mass is 14.7. The Morgan fingerprint density at radius 3 is 2.60 bits per heavy atom. The van der Waals surface area contributed by atoms with Crippen LogP contribution in [0, 0.1) is 34.0 Å². The molecular weight excluding hydrogens is 240 g/mol. The summed E-state index contributed by atoms with van der Waals surface area (Å²) in [7, 11) is 0. The first-order valence-electron chi connectivity index (χ1n) is 9.07. The van der Waals surface area contributed by atoms with Gasteiger partial charge in [0.15, 0.2) is 0 Å².